The molecule has 0 bridgehead atoms. The molecule has 10 aromatic carbocycles. The highest BCUT2D eigenvalue weighted by Crippen LogP contribution is 2.38. The molecular weight excluding hydrogens is 715 g/mol. The lowest BCUT2D eigenvalue weighted by Gasteiger charge is -2.12. The van der Waals surface area contributed by atoms with Gasteiger partial charge in [0.25, 0.3) is 0 Å². The molecule has 12 rings (SSSR count). The Labute approximate surface area is 341 Å². The predicted octanol–water partition coefficient (Wildman–Crippen LogP) is 14.9. The first kappa shape index (κ1) is 33.3. The highest BCUT2D eigenvalue weighted by atomic mass is 15.0. The summed E-state index contributed by atoms with van der Waals surface area (Å²) < 4.78 is 2.36. The van der Waals surface area contributed by atoms with Gasteiger partial charge in [0.15, 0.2) is 0 Å². The number of para-hydroxylation sites is 2. The van der Waals surface area contributed by atoms with E-state index in [1.54, 1.807) is 12.4 Å². The molecular formula is C56H35N3. The summed E-state index contributed by atoms with van der Waals surface area (Å²) in [5, 5.41) is 9.61. The van der Waals surface area contributed by atoms with Crippen LogP contribution >= 0.6 is 0 Å². The number of hydrogen-bond acceptors (Lipinski definition) is 2. The Balaban J connectivity index is 0.842. The Kier molecular flexibility index (Phi) is 7.54. The quantitative estimate of drug-likeness (QED) is 0.164. The van der Waals surface area contributed by atoms with Crippen LogP contribution in [-0.4, -0.2) is 14.5 Å². The summed E-state index contributed by atoms with van der Waals surface area (Å²) in [6.45, 7) is 0. The molecule has 0 amide bonds. The summed E-state index contributed by atoms with van der Waals surface area (Å²) in [5.74, 6) is 0. The molecule has 59 heavy (non-hydrogen) atoms. The van der Waals surface area contributed by atoms with E-state index in [-0.39, 0.29) is 0 Å². The van der Waals surface area contributed by atoms with Gasteiger partial charge < -0.3 is 4.57 Å². The second-order valence-corrected chi connectivity index (χ2v) is 15.4. The van der Waals surface area contributed by atoms with Crippen LogP contribution in [0.4, 0.5) is 0 Å². The van der Waals surface area contributed by atoms with Crippen LogP contribution in [-0.2, 0) is 0 Å². The zero-order valence-corrected chi connectivity index (χ0v) is 32.0. The highest BCUT2D eigenvalue weighted by molar-refractivity contribution is 6.23. The molecule has 2 aromatic heterocycles. The van der Waals surface area contributed by atoms with Crippen LogP contribution in [0.3, 0.4) is 0 Å². The van der Waals surface area contributed by atoms with Gasteiger partial charge in [-0.25, -0.2) is 0 Å². The molecule has 0 spiro atoms. The van der Waals surface area contributed by atoms with Crippen LogP contribution in [0.2, 0.25) is 0 Å². The Bertz CT molecular complexity index is 3570. The van der Waals surface area contributed by atoms with Crippen LogP contribution in [0.25, 0.3) is 115 Å². The Morgan fingerprint density at radius 2 is 0.746 bits per heavy atom. The minimum atomic E-state index is 0.940. The predicted molar refractivity (Wildman–Crippen MR) is 248 cm³/mol. The van der Waals surface area contributed by atoms with E-state index in [0.717, 1.165) is 21.8 Å². The number of nitrogens with zero attached hydrogens (tertiary/aromatic N) is 3. The summed E-state index contributed by atoms with van der Waals surface area (Å²) in [6.07, 6.45) is 3.56. The Morgan fingerprint density at radius 1 is 0.271 bits per heavy atom. The van der Waals surface area contributed by atoms with Gasteiger partial charge in [0.05, 0.1) is 22.1 Å². The smallest absolute Gasteiger partial charge is 0.0971 e. The first-order valence-electron chi connectivity index (χ1n) is 20.1. The van der Waals surface area contributed by atoms with E-state index in [4.69, 9.17) is 9.97 Å². The standard InChI is InChI=1S/C56H35N3/c1-2-11-46(12-3-1)59-53-16-7-6-14-48(53)52-35-44(26-28-54(52)59)37-19-17-36(18-20-37)40-21-22-43-33-41(23-24-42(43)32-40)38-9-8-10-39(31-38)45-25-27-50-51(34-45)47-13-4-5-15-49(47)55-56(50)58-30-29-57-55/h1-35H. The van der Waals surface area contributed by atoms with Crippen molar-refractivity contribution in [2.75, 3.05) is 0 Å². The van der Waals surface area contributed by atoms with Gasteiger partial charge in [-0.05, 0) is 121 Å². The third-order valence-electron chi connectivity index (χ3n) is 12.1. The number of hydrogen-bond donors (Lipinski definition) is 0. The van der Waals surface area contributed by atoms with Crippen LogP contribution in [0.15, 0.2) is 213 Å². The minimum absolute atomic E-state index is 0.940. The van der Waals surface area contributed by atoms with Crippen LogP contribution in [0.1, 0.15) is 0 Å². The molecule has 0 aliphatic carbocycles. The summed E-state index contributed by atoms with van der Waals surface area (Å²) in [5.41, 5.74) is 15.1. The third kappa shape index (κ3) is 5.51. The SMILES string of the molecule is c1ccc(-n2c3ccccc3c3cc(-c4ccc(-c5ccc6cc(-c7cccc(-c8ccc9c(c8)c8ccccc8c8nccnc98)c7)ccc6c5)cc4)ccc32)cc1. The van der Waals surface area contributed by atoms with E-state index in [1.807, 2.05) is 0 Å². The molecule has 0 atom stereocenters. The van der Waals surface area contributed by atoms with Crippen molar-refractivity contribution in [2.24, 2.45) is 0 Å². The average molecular weight is 750 g/mol. The van der Waals surface area contributed by atoms with Crippen molar-refractivity contribution >= 4 is 65.2 Å². The molecule has 0 aliphatic rings. The molecule has 3 nitrogen and oxygen atoms in total. The maximum absolute atomic E-state index is 4.74. The van der Waals surface area contributed by atoms with Gasteiger partial charge >= 0.3 is 0 Å². The van der Waals surface area contributed by atoms with E-state index in [2.05, 4.69) is 205 Å². The summed E-state index contributed by atoms with van der Waals surface area (Å²) in [6, 6.07) is 72.9. The maximum Gasteiger partial charge on any atom is 0.0971 e. The van der Waals surface area contributed by atoms with Crippen LogP contribution < -0.4 is 0 Å². The van der Waals surface area contributed by atoms with Crippen molar-refractivity contribution in [1.82, 2.24) is 14.5 Å². The Hall–Kier alpha value is -7.88. The second-order valence-electron chi connectivity index (χ2n) is 15.4. The van der Waals surface area contributed by atoms with E-state index >= 15 is 0 Å². The van der Waals surface area contributed by atoms with E-state index < -0.39 is 0 Å². The zero-order chi connectivity index (χ0) is 38.9. The summed E-state index contributed by atoms with van der Waals surface area (Å²) >= 11 is 0. The monoisotopic (exact) mass is 749 g/mol. The molecule has 0 unspecified atom stereocenters. The van der Waals surface area contributed by atoms with Gasteiger partial charge in [0, 0.05) is 39.6 Å². The summed E-state index contributed by atoms with van der Waals surface area (Å²) in [7, 11) is 0. The highest BCUT2D eigenvalue weighted by Gasteiger charge is 2.15. The van der Waals surface area contributed by atoms with E-state index in [0.29, 0.717) is 0 Å². The van der Waals surface area contributed by atoms with E-state index in [1.165, 1.54) is 93.5 Å². The van der Waals surface area contributed by atoms with Gasteiger partial charge in [0.2, 0.25) is 0 Å². The van der Waals surface area contributed by atoms with Gasteiger partial charge in [-0.3, -0.25) is 9.97 Å². The fourth-order valence-electron chi connectivity index (χ4n) is 9.16. The van der Waals surface area contributed by atoms with Crippen molar-refractivity contribution in [1.29, 1.82) is 0 Å². The summed E-state index contributed by atoms with van der Waals surface area (Å²) in [4.78, 5) is 9.44. The molecule has 2 heterocycles. The minimum Gasteiger partial charge on any atom is -0.309 e. The van der Waals surface area contributed by atoms with Crippen LogP contribution in [0.5, 0.6) is 0 Å². The van der Waals surface area contributed by atoms with Crippen molar-refractivity contribution in [3.8, 4) is 50.2 Å². The lowest BCUT2D eigenvalue weighted by molar-refractivity contribution is 1.18. The molecule has 0 saturated heterocycles. The Morgan fingerprint density at radius 3 is 1.46 bits per heavy atom. The third-order valence-corrected chi connectivity index (χ3v) is 12.1. The van der Waals surface area contributed by atoms with Gasteiger partial charge in [-0.1, -0.05) is 146 Å². The first-order valence-corrected chi connectivity index (χ1v) is 20.1. The maximum atomic E-state index is 4.74. The van der Waals surface area contributed by atoms with Crippen molar-refractivity contribution < 1.29 is 0 Å². The number of aromatic nitrogens is 3. The molecule has 0 radical (unpaired) electrons. The number of benzene rings is 10. The van der Waals surface area contributed by atoms with Crippen molar-refractivity contribution in [2.45, 2.75) is 0 Å². The molecule has 12 aromatic rings. The molecule has 0 saturated carbocycles. The van der Waals surface area contributed by atoms with E-state index in [9.17, 15) is 0 Å². The number of fused-ring (bicyclic) bond motifs is 10. The van der Waals surface area contributed by atoms with Crippen LogP contribution in [0, 0.1) is 0 Å². The van der Waals surface area contributed by atoms with Gasteiger partial charge in [-0.2, -0.15) is 0 Å². The first-order chi connectivity index (χ1) is 29.2. The zero-order valence-electron chi connectivity index (χ0n) is 32.0. The van der Waals surface area contributed by atoms with Crippen molar-refractivity contribution in [3.63, 3.8) is 0 Å². The van der Waals surface area contributed by atoms with Gasteiger partial charge in [0.1, 0.15) is 0 Å². The molecule has 0 N–H and O–H groups in total. The fourth-order valence-corrected chi connectivity index (χ4v) is 9.16. The number of rotatable bonds is 5. The topological polar surface area (TPSA) is 30.7 Å². The molecule has 274 valence electrons. The largest absolute Gasteiger partial charge is 0.309 e. The second kappa shape index (κ2) is 13.4. The molecule has 0 fully saturated rings. The lowest BCUT2D eigenvalue weighted by atomic mass is 9.93. The average Bonchev–Trinajstić information content (AvgIpc) is 3.65. The molecule has 3 heteroatoms. The normalized spacial score (nSPS) is 11.7. The van der Waals surface area contributed by atoms with Crippen molar-refractivity contribution in [3.05, 3.63) is 213 Å². The fraction of sp³-hybridized carbons (Fsp3) is 0. The van der Waals surface area contributed by atoms with Gasteiger partial charge in [-0.15, -0.1) is 0 Å². The lowest BCUT2D eigenvalue weighted by Crippen LogP contribution is -1.92. The molecule has 0 aliphatic heterocycles.